The quantitative estimate of drug-likeness (QED) is 0.318. The monoisotopic (exact) mass is 643 g/mol. The Labute approximate surface area is 265 Å². The van der Waals surface area contributed by atoms with Gasteiger partial charge in [-0.15, -0.1) is 11.3 Å². The molecule has 4 rings (SSSR count). The van der Waals surface area contributed by atoms with Crippen LogP contribution in [0.15, 0.2) is 70.3 Å². The number of carbonyl (C=O) groups is 1. The normalized spacial score (nSPS) is 21.3. The number of carbonyl (C=O) groups excluding carboxylic acids is 1. The number of fused-ring (bicyclic) bond motifs is 1. The fourth-order valence-electron chi connectivity index (χ4n) is 5.34. The van der Waals surface area contributed by atoms with Crippen LogP contribution in [0.25, 0.3) is 0 Å². The molecule has 1 amide bonds. The number of thiophene rings is 1. The van der Waals surface area contributed by atoms with Gasteiger partial charge >= 0.3 is 0 Å². The van der Waals surface area contributed by atoms with Crippen LogP contribution in [0.4, 0.5) is 5.69 Å². The maximum absolute atomic E-state index is 14.3. The van der Waals surface area contributed by atoms with Crippen LogP contribution in [0.2, 0.25) is 0 Å². The number of hydrogen-bond donors (Lipinski definition) is 2. The third kappa shape index (κ3) is 9.28. The van der Waals surface area contributed by atoms with Crippen molar-refractivity contribution >= 4 is 33.0 Å². The average Bonchev–Trinajstić information content (AvgIpc) is 3.55. The van der Waals surface area contributed by atoms with Crippen molar-refractivity contribution < 1.29 is 27.8 Å². The topological polar surface area (TPSA) is 108 Å². The number of hydrogen-bond acceptors (Lipinski definition) is 8. The molecule has 3 aromatic rings. The maximum Gasteiger partial charge on any atom is 0.271 e. The first-order valence-corrected chi connectivity index (χ1v) is 17.6. The summed E-state index contributed by atoms with van der Waals surface area (Å²) in [7, 11) is -1.75. The zero-order chi connectivity index (χ0) is 31.7. The predicted molar refractivity (Wildman–Crippen MR) is 175 cm³/mol. The Bertz CT molecular complexity index is 1430. The minimum absolute atomic E-state index is 0.0575. The molecule has 0 radical (unpaired) electrons. The van der Waals surface area contributed by atoms with E-state index in [-0.39, 0.29) is 46.1 Å². The number of aliphatic hydroxyl groups excluding tert-OH is 1. The fourth-order valence-corrected chi connectivity index (χ4v) is 7.38. The van der Waals surface area contributed by atoms with Crippen molar-refractivity contribution in [2.75, 3.05) is 38.1 Å². The van der Waals surface area contributed by atoms with Crippen molar-refractivity contribution in [3.63, 3.8) is 0 Å². The molecule has 11 heteroatoms. The van der Waals surface area contributed by atoms with Crippen molar-refractivity contribution in [2.45, 2.75) is 69.0 Å². The predicted octanol–water partition coefficient (Wildman–Crippen LogP) is 5.48. The number of amides is 1. The van der Waals surface area contributed by atoms with Gasteiger partial charge in [-0.3, -0.25) is 14.4 Å². The summed E-state index contributed by atoms with van der Waals surface area (Å²) in [5.74, 6) is -0.0130. The zero-order valence-electron chi connectivity index (χ0n) is 26.0. The number of likely N-dealkylation sites (N-methyl/N-ethyl adjacent to an activating group) is 1. The first-order valence-electron chi connectivity index (χ1n) is 15.2. The molecule has 1 aromatic heterocycles. The van der Waals surface area contributed by atoms with E-state index in [0.717, 1.165) is 37.1 Å². The van der Waals surface area contributed by atoms with Crippen LogP contribution in [0.5, 0.6) is 5.75 Å². The van der Waals surface area contributed by atoms with E-state index in [1.807, 2.05) is 25.1 Å². The van der Waals surface area contributed by atoms with E-state index in [9.17, 15) is 18.3 Å². The molecule has 44 heavy (non-hydrogen) atoms. The second kappa shape index (κ2) is 15.9. The molecule has 2 aromatic carbocycles. The third-order valence-electron chi connectivity index (χ3n) is 7.85. The van der Waals surface area contributed by atoms with E-state index in [1.54, 1.807) is 35.4 Å². The van der Waals surface area contributed by atoms with Crippen molar-refractivity contribution in [3.8, 4) is 5.75 Å². The second-order valence-electron chi connectivity index (χ2n) is 11.7. The van der Waals surface area contributed by atoms with Gasteiger partial charge in [0.15, 0.2) is 0 Å². The lowest BCUT2D eigenvalue weighted by atomic mass is 10.0. The lowest BCUT2D eigenvalue weighted by Gasteiger charge is -2.36. The lowest BCUT2D eigenvalue weighted by Crippen LogP contribution is -2.47. The minimum Gasteiger partial charge on any atom is -0.490 e. The summed E-state index contributed by atoms with van der Waals surface area (Å²) in [5.41, 5.74) is 1.72. The third-order valence-corrected chi connectivity index (χ3v) is 10.6. The highest BCUT2D eigenvalue weighted by Gasteiger charge is 2.30. The first kappa shape index (κ1) is 33.9. The van der Waals surface area contributed by atoms with Crippen LogP contribution in [-0.4, -0.2) is 80.8 Å². The number of rotatable bonds is 9. The summed E-state index contributed by atoms with van der Waals surface area (Å²) in [6, 6.07) is 17.8. The molecule has 4 atom stereocenters. The van der Waals surface area contributed by atoms with Gasteiger partial charge in [-0.05, 0) is 75.4 Å². The number of aliphatic hydroxyl groups is 1. The summed E-state index contributed by atoms with van der Waals surface area (Å²) >= 11 is 1.12. The molecular formula is C33H45N3O6S2. The number of sulfonamides is 1. The van der Waals surface area contributed by atoms with Gasteiger partial charge in [-0.1, -0.05) is 43.3 Å². The fraction of sp³-hybridized carbons (Fsp3) is 0.485. The molecule has 2 heterocycles. The Morgan fingerprint density at radius 3 is 2.59 bits per heavy atom. The van der Waals surface area contributed by atoms with E-state index >= 15 is 0 Å². The molecule has 0 fully saturated rings. The van der Waals surface area contributed by atoms with Crippen molar-refractivity contribution in [2.24, 2.45) is 5.92 Å². The Balaban J connectivity index is 1.63. The highest BCUT2D eigenvalue weighted by molar-refractivity contribution is 7.94. The van der Waals surface area contributed by atoms with Crippen molar-refractivity contribution in [3.05, 3.63) is 77.2 Å². The molecule has 0 unspecified atom stereocenters. The zero-order valence-corrected chi connectivity index (χ0v) is 27.6. The Hall–Kier alpha value is -2.96. The van der Waals surface area contributed by atoms with E-state index in [1.165, 1.54) is 17.7 Å². The number of nitrogens with one attached hydrogen (secondary N) is 1. The van der Waals surface area contributed by atoms with E-state index in [2.05, 4.69) is 35.7 Å². The van der Waals surface area contributed by atoms with Gasteiger partial charge in [0.25, 0.3) is 15.9 Å². The molecule has 0 bridgehead atoms. The smallest absolute Gasteiger partial charge is 0.271 e. The molecule has 240 valence electrons. The number of nitrogens with zero attached hydrogens (tertiary/aromatic N) is 2. The van der Waals surface area contributed by atoms with E-state index in [0.29, 0.717) is 25.4 Å². The molecular weight excluding hydrogens is 599 g/mol. The van der Waals surface area contributed by atoms with E-state index < -0.39 is 16.1 Å². The van der Waals surface area contributed by atoms with Crippen LogP contribution in [0.1, 0.15) is 56.0 Å². The molecule has 2 N–H and O–H groups in total. The Morgan fingerprint density at radius 2 is 1.89 bits per heavy atom. The molecule has 0 saturated carbocycles. The molecule has 0 spiro atoms. The molecule has 1 aliphatic rings. The van der Waals surface area contributed by atoms with Crippen LogP contribution in [0.3, 0.4) is 0 Å². The van der Waals surface area contributed by atoms with Crippen LogP contribution in [-0.2, 0) is 21.3 Å². The van der Waals surface area contributed by atoms with Crippen LogP contribution in [0, 0.1) is 5.92 Å². The number of benzene rings is 2. The van der Waals surface area contributed by atoms with Crippen molar-refractivity contribution in [1.82, 2.24) is 9.80 Å². The highest BCUT2D eigenvalue weighted by Crippen LogP contribution is 2.30. The number of anilines is 1. The lowest BCUT2D eigenvalue weighted by molar-refractivity contribution is -0.0177. The van der Waals surface area contributed by atoms with Gasteiger partial charge in [0.1, 0.15) is 9.96 Å². The molecule has 0 aliphatic carbocycles. The highest BCUT2D eigenvalue weighted by atomic mass is 32.2. The minimum atomic E-state index is -3.82. The largest absolute Gasteiger partial charge is 0.490 e. The van der Waals surface area contributed by atoms with Gasteiger partial charge in [0.2, 0.25) is 0 Å². The van der Waals surface area contributed by atoms with Crippen molar-refractivity contribution in [1.29, 1.82) is 0 Å². The second-order valence-corrected chi connectivity index (χ2v) is 14.6. The summed E-state index contributed by atoms with van der Waals surface area (Å²) in [4.78, 5) is 18.2. The SMILES string of the molecule is C[C@@H]1CCCCO[C@H](CN(C)Cc2ccccc2)[C@@H](C)CN([C@H](C)CO)C(=O)c2cc(NS(=O)(=O)c3cccs3)ccc2O1. The van der Waals surface area contributed by atoms with Gasteiger partial charge in [-0.25, -0.2) is 8.42 Å². The average molecular weight is 644 g/mol. The summed E-state index contributed by atoms with van der Waals surface area (Å²) < 4.78 is 41.4. The van der Waals surface area contributed by atoms with Gasteiger partial charge in [0, 0.05) is 37.8 Å². The Kier molecular flexibility index (Phi) is 12.2. The maximum atomic E-state index is 14.3. The standard InChI is InChI=1S/C33H45N3O6S2/c1-24-20-36(25(2)23-37)33(38)29-19-28(34-44(39,40)32-14-10-18-43-32)15-16-30(29)42-26(3)11-8-9-17-41-31(24)22-35(4)21-27-12-6-5-7-13-27/h5-7,10,12-16,18-19,24-26,31,34,37H,8-9,11,17,20-23H2,1-4H3/t24-,25+,26+,31+/m0/s1. The van der Waals surface area contributed by atoms with E-state index in [4.69, 9.17) is 9.47 Å². The summed E-state index contributed by atoms with van der Waals surface area (Å²) in [5, 5.41) is 11.9. The van der Waals surface area contributed by atoms with Crippen LogP contribution < -0.4 is 9.46 Å². The van der Waals surface area contributed by atoms with Gasteiger partial charge in [-0.2, -0.15) is 0 Å². The van der Waals surface area contributed by atoms with Gasteiger partial charge < -0.3 is 19.5 Å². The molecule has 0 saturated heterocycles. The molecule has 1 aliphatic heterocycles. The van der Waals surface area contributed by atoms with Gasteiger partial charge in [0.05, 0.1) is 30.4 Å². The summed E-state index contributed by atoms with van der Waals surface area (Å²) in [6.45, 7) is 8.01. The number of ether oxygens (including phenoxy) is 2. The summed E-state index contributed by atoms with van der Waals surface area (Å²) in [6.07, 6.45) is 2.23. The Morgan fingerprint density at radius 1 is 1.11 bits per heavy atom. The molecule has 9 nitrogen and oxygen atoms in total. The van der Waals surface area contributed by atoms with Crippen LogP contribution >= 0.6 is 11.3 Å². The first-order chi connectivity index (χ1) is 21.1.